The van der Waals surface area contributed by atoms with Crippen molar-refractivity contribution in [2.75, 3.05) is 72.2 Å². The Morgan fingerprint density at radius 2 is 1.90 bits per heavy atom. The molecular formula is C23H36FN3O4. The summed E-state index contributed by atoms with van der Waals surface area (Å²) < 4.78 is 24.9. The van der Waals surface area contributed by atoms with Gasteiger partial charge in [0.15, 0.2) is 0 Å². The van der Waals surface area contributed by atoms with Crippen molar-refractivity contribution >= 4 is 5.91 Å². The molecule has 2 atom stereocenters. The number of rotatable bonds is 9. The van der Waals surface area contributed by atoms with Crippen molar-refractivity contribution in [3.63, 3.8) is 0 Å². The molecule has 0 saturated carbocycles. The fraction of sp³-hybridized carbons (Fsp3) is 0.696. The van der Waals surface area contributed by atoms with E-state index in [1.807, 2.05) is 0 Å². The number of halogens is 1. The van der Waals surface area contributed by atoms with Crippen molar-refractivity contribution in [2.45, 2.75) is 26.1 Å². The van der Waals surface area contributed by atoms with Crippen LogP contribution in [0.15, 0.2) is 24.3 Å². The number of carbonyl (C=O) groups is 1. The van der Waals surface area contributed by atoms with Crippen LogP contribution in [0, 0.1) is 11.7 Å². The third kappa shape index (κ3) is 7.80. The van der Waals surface area contributed by atoms with Gasteiger partial charge in [0.25, 0.3) is 5.91 Å². The van der Waals surface area contributed by atoms with Gasteiger partial charge in [0.1, 0.15) is 5.82 Å². The van der Waals surface area contributed by atoms with Gasteiger partial charge in [-0.1, -0.05) is 19.9 Å². The highest BCUT2D eigenvalue weighted by Crippen LogP contribution is 2.14. The standard InChI is InChI=1S/C23H36FN3O4/c1-18(2)13-27(23(29)19-4-3-5-20(24)12-19)17-22-16-26(8-11-31-22)15-21(28)14-25-6-9-30-10-7-25/h3-5,12,18,21-22,28H,6-11,13-17H2,1-2H3. The maximum atomic E-state index is 13.6. The highest BCUT2D eigenvalue weighted by Gasteiger charge is 2.27. The van der Waals surface area contributed by atoms with Crippen LogP contribution in [0.5, 0.6) is 0 Å². The lowest BCUT2D eigenvalue weighted by Crippen LogP contribution is -2.52. The molecule has 2 unspecified atom stereocenters. The van der Waals surface area contributed by atoms with Gasteiger partial charge < -0.3 is 19.5 Å². The number of β-amino-alcohol motifs (C(OH)–C–C–N with tert-alkyl or cyclic N) is 1. The van der Waals surface area contributed by atoms with E-state index < -0.39 is 11.9 Å². The average Bonchev–Trinajstić information content (AvgIpc) is 2.73. The second kappa shape index (κ2) is 11.9. The van der Waals surface area contributed by atoms with E-state index in [-0.39, 0.29) is 17.9 Å². The Hall–Kier alpha value is -1.58. The molecule has 1 aromatic carbocycles. The maximum Gasteiger partial charge on any atom is 0.254 e. The van der Waals surface area contributed by atoms with Gasteiger partial charge in [0, 0.05) is 57.9 Å². The third-order valence-electron chi connectivity index (χ3n) is 5.63. The second-order valence-electron chi connectivity index (χ2n) is 8.93. The SMILES string of the molecule is CC(C)CN(CC1CN(CC(O)CN2CCOCC2)CCO1)C(=O)c1cccc(F)c1. The number of hydrogen-bond donors (Lipinski definition) is 1. The van der Waals surface area contributed by atoms with Crippen molar-refractivity contribution in [3.8, 4) is 0 Å². The van der Waals surface area contributed by atoms with E-state index >= 15 is 0 Å². The number of carbonyl (C=O) groups excluding carboxylic acids is 1. The van der Waals surface area contributed by atoms with E-state index in [2.05, 4.69) is 23.6 Å². The van der Waals surface area contributed by atoms with E-state index in [9.17, 15) is 14.3 Å². The number of hydrogen-bond acceptors (Lipinski definition) is 6. The molecule has 8 heteroatoms. The summed E-state index contributed by atoms with van der Waals surface area (Å²) in [6.07, 6.45) is -0.571. The first-order chi connectivity index (χ1) is 14.9. The zero-order valence-electron chi connectivity index (χ0n) is 18.7. The summed E-state index contributed by atoms with van der Waals surface area (Å²) in [4.78, 5) is 19.2. The monoisotopic (exact) mass is 437 g/mol. The first-order valence-electron chi connectivity index (χ1n) is 11.3. The Bertz CT molecular complexity index is 699. The molecule has 174 valence electrons. The molecule has 7 nitrogen and oxygen atoms in total. The van der Waals surface area contributed by atoms with Gasteiger partial charge in [-0.2, -0.15) is 0 Å². The van der Waals surface area contributed by atoms with Gasteiger partial charge in [0.05, 0.1) is 32.0 Å². The van der Waals surface area contributed by atoms with Gasteiger partial charge >= 0.3 is 0 Å². The number of aliphatic hydroxyl groups is 1. The molecule has 1 amide bonds. The van der Waals surface area contributed by atoms with Crippen LogP contribution in [0.4, 0.5) is 4.39 Å². The second-order valence-corrected chi connectivity index (χ2v) is 8.93. The van der Waals surface area contributed by atoms with Gasteiger partial charge in [0.2, 0.25) is 0 Å². The van der Waals surface area contributed by atoms with Gasteiger partial charge in [-0.3, -0.25) is 14.6 Å². The fourth-order valence-corrected chi connectivity index (χ4v) is 4.23. The third-order valence-corrected chi connectivity index (χ3v) is 5.63. The van der Waals surface area contributed by atoms with E-state index in [1.165, 1.54) is 12.1 Å². The number of aliphatic hydroxyl groups excluding tert-OH is 1. The Morgan fingerprint density at radius 1 is 1.19 bits per heavy atom. The molecule has 0 bridgehead atoms. The lowest BCUT2D eigenvalue weighted by Gasteiger charge is -2.37. The van der Waals surface area contributed by atoms with Crippen LogP contribution in [0.2, 0.25) is 0 Å². The number of benzene rings is 1. The predicted octanol–water partition coefficient (Wildman–Crippen LogP) is 1.32. The minimum Gasteiger partial charge on any atom is -0.390 e. The molecule has 0 aromatic heterocycles. The van der Waals surface area contributed by atoms with Crippen molar-refractivity contribution < 1.29 is 23.8 Å². The molecule has 0 aliphatic carbocycles. The molecule has 2 fully saturated rings. The number of nitrogens with zero attached hydrogens (tertiary/aromatic N) is 3. The molecule has 31 heavy (non-hydrogen) atoms. The first-order valence-corrected chi connectivity index (χ1v) is 11.3. The van der Waals surface area contributed by atoms with Crippen LogP contribution in [0.25, 0.3) is 0 Å². The number of amides is 1. The average molecular weight is 438 g/mol. The molecule has 1 N–H and O–H groups in total. The Kier molecular flexibility index (Phi) is 9.22. The molecule has 3 rings (SSSR count). The topological polar surface area (TPSA) is 65.5 Å². The summed E-state index contributed by atoms with van der Waals surface area (Å²) in [6, 6.07) is 5.83. The van der Waals surface area contributed by atoms with Crippen molar-refractivity contribution in [2.24, 2.45) is 5.92 Å². The van der Waals surface area contributed by atoms with Crippen LogP contribution < -0.4 is 0 Å². The molecule has 1 aromatic rings. The quantitative estimate of drug-likeness (QED) is 0.629. The van der Waals surface area contributed by atoms with Crippen LogP contribution in [-0.2, 0) is 9.47 Å². The fourth-order valence-electron chi connectivity index (χ4n) is 4.23. The normalized spacial score (nSPS) is 21.9. The minimum absolute atomic E-state index is 0.138. The largest absolute Gasteiger partial charge is 0.390 e. The molecular weight excluding hydrogens is 401 g/mol. The zero-order chi connectivity index (χ0) is 22.2. The van der Waals surface area contributed by atoms with Crippen LogP contribution >= 0.6 is 0 Å². The summed E-state index contributed by atoms with van der Waals surface area (Å²) in [5, 5.41) is 10.5. The van der Waals surface area contributed by atoms with Crippen molar-refractivity contribution in [3.05, 3.63) is 35.6 Å². The highest BCUT2D eigenvalue weighted by molar-refractivity contribution is 5.94. The number of morpholine rings is 2. The molecule has 2 aliphatic heterocycles. The van der Waals surface area contributed by atoms with Crippen molar-refractivity contribution in [1.82, 2.24) is 14.7 Å². The lowest BCUT2D eigenvalue weighted by atomic mass is 10.1. The molecule has 2 aliphatic rings. The van der Waals surface area contributed by atoms with E-state index in [1.54, 1.807) is 17.0 Å². The van der Waals surface area contributed by atoms with Gasteiger partial charge in [-0.25, -0.2) is 4.39 Å². The van der Waals surface area contributed by atoms with Crippen molar-refractivity contribution in [1.29, 1.82) is 0 Å². The first kappa shape index (κ1) is 24.1. The summed E-state index contributed by atoms with van der Waals surface area (Å²) >= 11 is 0. The number of ether oxygens (including phenoxy) is 2. The maximum absolute atomic E-state index is 13.6. The Labute approximate surface area is 184 Å². The summed E-state index contributed by atoms with van der Waals surface area (Å²) in [5.74, 6) is -0.307. The van der Waals surface area contributed by atoms with Gasteiger partial charge in [-0.05, 0) is 24.1 Å². The van der Waals surface area contributed by atoms with E-state index in [0.29, 0.717) is 44.9 Å². The zero-order valence-corrected chi connectivity index (χ0v) is 18.7. The summed E-state index contributed by atoms with van der Waals surface area (Å²) in [6.45, 7) is 11.5. The minimum atomic E-state index is -0.433. The summed E-state index contributed by atoms with van der Waals surface area (Å²) in [5.41, 5.74) is 0.356. The van der Waals surface area contributed by atoms with Gasteiger partial charge in [-0.15, -0.1) is 0 Å². The van der Waals surface area contributed by atoms with Crippen LogP contribution in [0.1, 0.15) is 24.2 Å². The smallest absolute Gasteiger partial charge is 0.254 e. The molecule has 0 spiro atoms. The van der Waals surface area contributed by atoms with E-state index in [0.717, 1.165) is 32.8 Å². The molecule has 2 saturated heterocycles. The lowest BCUT2D eigenvalue weighted by molar-refractivity contribution is -0.0560. The molecule has 0 radical (unpaired) electrons. The van der Waals surface area contributed by atoms with Crippen LogP contribution in [-0.4, -0.2) is 110 Å². The Balaban J connectivity index is 1.54. The van der Waals surface area contributed by atoms with Crippen LogP contribution in [0.3, 0.4) is 0 Å². The molecule has 2 heterocycles. The Morgan fingerprint density at radius 3 is 2.61 bits per heavy atom. The predicted molar refractivity (Wildman–Crippen MR) is 117 cm³/mol. The summed E-state index contributed by atoms with van der Waals surface area (Å²) in [7, 11) is 0. The van der Waals surface area contributed by atoms with E-state index in [4.69, 9.17) is 9.47 Å². The highest BCUT2D eigenvalue weighted by atomic mass is 19.1.